The zero-order chi connectivity index (χ0) is 7.98. The first-order chi connectivity index (χ1) is 4.80. The lowest BCUT2D eigenvalue weighted by molar-refractivity contribution is 1.41. The van der Waals surface area contributed by atoms with Gasteiger partial charge < -0.3 is 0 Å². The van der Waals surface area contributed by atoms with Crippen LogP contribution in [0.5, 0.6) is 0 Å². The molecule has 0 aliphatic carbocycles. The molecule has 0 aromatic rings. The Bertz CT molecular complexity index is 165. The lowest BCUT2D eigenvalue weighted by atomic mass is 10.2. The molecule has 10 heavy (non-hydrogen) atoms. The predicted octanol–water partition coefficient (Wildman–Crippen LogP) is 2.19. The van der Waals surface area contributed by atoms with Gasteiger partial charge >= 0.3 is 0 Å². The van der Waals surface area contributed by atoms with Crippen molar-refractivity contribution in [1.82, 2.24) is 0 Å². The van der Waals surface area contributed by atoms with E-state index in [2.05, 4.69) is 11.6 Å². The number of nitrogens with zero attached hydrogens (tertiary/aromatic N) is 1. The van der Waals surface area contributed by atoms with E-state index in [0.717, 1.165) is 0 Å². The summed E-state index contributed by atoms with van der Waals surface area (Å²) in [7, 11) is 0. The maximum absolute atomic E-state index is 7.09. The minimum Gasteiger partial charge on any atom is -0.299 e. The summed E-state index contributed by atoms with van der Waals surface area (Å²) in [5.41, 5.74) is 0.931. The summed E-state index contributed by atoms with van der Waals surface area (Å²) in [5.74, 6) is 0. The van der Waals surface area contributed by atoms with Crippen molar-refractivity contribution in [3.8, 4) is 0 Å². The highest BCUT2D eigenvalue weighted by Crippen LogP contribution is 1.99. The van der Waals surface area contributed by atoms with E-state index in [4.69, 9.17) is 5.41 Å². The minimum atomic E-state index is 0.396. The van der Waals surface area contributed by atoms with E-state index in [1.54, 1.807) is 18.4 Å². The van der Waals surface area contributed by atoms with Crippen molar-refractivity contribution in [2.45, 2.75) is 13.8 Å². The Morgan fingerprint density at radius 3 is 2.40 bits per heavy atom. The summed E-state index contributed by atoms with van der Waals surface area (Å²) in [6.45, 7) is 7.52. The van der Waals surface area contributed by atoms with Crippen molar-refractivity contribution in [3.63, 3.8) is 0 Å². The van der Waals surface area contributed by atoms with Crippen LogP contribution < -0.4 is 0 Å². The summed E-state index contributed by atoms with van der Waals surface area (Å²) in [6, 6.07) is 0. The van der Waals surface area contributed by atoms with Gasteiger partial charge in [0.05, 0.1) is 11.4 Å². The Morgan fingerprint density at radius 1 is 1.50 bits per heavy atom. The van der Waals surface area contributed by atoms with Crippen LogP contribution in [0.25, 0.3) is 0 Å². The van der Waals surface area contributed by atoms with E-state index in [-0.39, 0.29) is 0 Å². The number of rotatable bonds is 0. The summed E-state index contributed by atoms with van der Waals surface area (Å²) < 4.78 is 0. The van der Waals surface area contributed by atoms with Gasteiger partial charge in [0.25, 0.3) is 0 Å². The van der Waals surface area contributed by atoms with E-state index in [1.165, 1.54) is 0 Å². The fourth-order valence-corrected chi connectivity index (χ4v) is 0.438. The number of hydrogen-bond acceptors (Lipinski definition) is 2. The maximum Gasteiger partial charge on any atom is 0.0807 e. The molecule has 0 unspecified atom stereocenters. The Labute approximate surface area is 61.5 Å². The van der Waals surface area contributed by atoms with Gasteiger partial charge in [0, 0.05) is 6.21 Å². The van der Waals surface area contributed by atoms with E-state index < -0.39 is 0 Å². The molecule has 0 aromatic carbocycles. The number of allylic oxidation sites excluding steroid dienone is 2. The Hall–Kier alpha value is -1.18. The Balaban J connectivity index is 0.000000371. The van der Waals surface area contributed by atoms with Crippen LogP contribution in [-0.2, 0) is 0 Å². The zero-order valence-corrected chi connectivity index (χ0v) is 6.39. The normalized spacial score (nSPS) is 14.6. The lowest BCUT2D eigenvalue weighted by Crippen LogP contribution is -1.96. The molecule has 1 aliphatic heterocycles. The average molecular weight is 136 g/mol. The molecule has 1 heterocycles. The molecule has 0 aromatic heterocycles. The van der Waals surface area contributed by atoms with Gasteiger partial charge in [-0.05, 0) is 12.2 Å². The molecule has 0 saturated carbocycles. The zero-order valence-electron chi connectivity index (χ0n) is 6.39. The standard InChI is InChI=1S/C6H6N2.C2H6/c1-5-6(7)3-2-4-8-5;1-2/h2-4,7H,1H2;1-2H3. The molecular formula is C8H12N2. The van der Waals surface area contributed by atoms with Crippen molar-refractivity contribution in [1.29, 1.82) is 5.41 Å². The van der Waals surface area contributed by atoms with E-state index in [1.807, 2.05) is 13.8 Å². The maximum atomic E-state index is 7.09. The number of nitrogens with one attached hydrogen (secondary N) is 1. The molecule has 2 heteroatoms. The second-order valence-electron chi connectivity index (χ2n) is 1.50. The highest BCUT2D eigenvalue weighted by atomic mass is 14.8. The van der Waals surface area contributed by atoms with Crippen LogP contribution in [0.4, 0.5) is 0 Å². The van der Waals surface area contributed by atoms with Crippen LogP contribution in [0.15, 0.2) is 29.4 Å². The fraction of sp³-hybridized carbons (Fsp3) is 0.250. The summed E-state index contributed by atoms with van der Waals surface area (Å²) in [4.78, 5) is 3.78. The van der Waals surface area contributed by atoms with E-state index in [0.29, 0.717) is 11.4 Å². The molecule has 2 nitrogen and oxygen atoms in total. The molecular weight excluding hydrogens is 124 g/mol. The van der Waals surface area contributed by atoms with Crippen molar-refractivity contribution in [2.24, 2.45) is 4.99 Å². The third kappa shape index (κ3) is 2.40. The largest absolute Gasteiger partial charge is 0.299 e. The van der Waals surface area contributed by atoms with Gasteiger partial charge in [0.2, 0.25) is 0 Å². The number of aliphatic imine (C=N–C) groups is 1. The second kappa shape index (κ2) is 4.68. The number of dihydropyridines is 1. The SMILES string of the molecule is C=C1N=CC=CC1=N.CC. The summed E-state index contributed by atoms with van der Waals surface area (Å²) in [6.07, 6.45) is 5.01. The second-order valence-corrected chi connectivity index (χ2v) is 1.50. The Morgan fingerprint density at radius 2 is 2.10 bits per heavy atom. The highest BCUT2D eigenvalue weighted by molar-refractivity contribution is 6.10. The van der Waals surface area contributed by atoms with Gasteiger partial charge in [-0.3, -0.25) is 10.4 Å². The third-order valence-corrected chi connectivity index (χ3v) is 0.890. The Kier molecular flexibility index (Phi) is 4.12. The minimum absolute atomic E-state index is 0.396. The molecule has 1 aliphatic rings. The van der Waals surface area contributed by atoms with Crippen LogP contribution >= 0.6 is 0 Å². The monoisotopic (exact) mass is 136 g/mol. The summed E-state index contributed by atoms with van der Waals surface area (Å²) >= 11 is 0. The molecule has 0 atom stereocenters. The van der Waals surface area contributed by atoms with Crippen LogP contribution in [-0.4, -0.2) is 11.9 Å². The van der Waals surface area contributed by atoms with Crippen LogP contribution in [0.1, 0.15) is 13.8 Å². The van der Waals surface area contributed by atoms with E-state index in [9.17, 15) is 0 Å². The van der Waals surface area contributed by atoms with Gasteiger partial charge in [0.1, 0.15) is 0 Å². The molecule has 1 rings (SSSR count). The quantitative estimate of drug-likeness (QED) is 0.530. The van der Waals surface area contributed by atoms with Gasteiger partial charge in [-0.1, -0.05) is 20.4 Å². The molecule has 0 fully saturated rings. The lowest BCUT2D eigenvalue weighted by Gasteiger charge is -1.97. The highest BCUT2D eigenvalue weighted by Gasteiger charge is 1.96. The van der Waals surface area contributed by atoms with Gasteiger partial charge in [-0.15, -0.1) is 0 Å². The van der Waals surface area contributed by atoms with Crippen LogP contribution in [0.2, 0.25) is 0 Å². The van der Waals surface area contributed by atoms with Crippen molar-refractivity contribution >= 4 is 11.9 Å². The van der Waals surface area contributed by atoms with Gasteiger partial charge in [-0.25, -0.2) is 0 Å². The molecule has 54 valence electrons. The van der Waals surface area contributed by atoms with E-state index >= 15 is 0 Å². The molecule has 0 amide bonds. The molecule has 0 radical (unpaired) electrons. The van der Waals surface area contributed by atoms with Crippen molar-refractivity contribution in [3.05, 3.63) is 24.4 Å². The molecule has 0 bridgehead atoms. The smallest absolute Gasteiger partial charge is 0.0807 e. The first kappa shape index (κ1) is 8.82. The molecule has 0 spiro atoms. The predicted molar refractivity (Wildman–Crippen MR) is 45.8 cm³/mol. The first-order valence-electron chi connectivity index (χ1n) is 3.29. The molecule has 0 saturated heterocycles. The van der Waals surface area contributed by atoms with Gasteiger partial charge in [0.15, 0.2) is 0 Å². The third-order valence-electron chi connectivity index (χ3n) is 0.890. The molecule has 1 N–H and O–H groups in total. The fourth-order valence-electron chi connectivity index (χ4n) is 0.438. The first-order valence-corrected chi connectivity index (χ1v) is 3.29. The van der Waals surface area contributed by atoms with Crippen molar-refractivity contribution < 1.29 is 0 Å². The summed E-state index contributed by atoms with van der Waals surface area (Å²) in [5, 5.41) is 7.09. The van der Waals surface area contributed by atoms with Crippen LogP contribution in [0.3, 0.4) is 0 Å². The average Bonchev–Trinajstić information content (AvgIpc) is 2.00. The van der Waals surface area contributed by atoms with Crippen molar-refractivity contribution in [2.75, 3.05) is 0 Å². The topological polar surface area (TPSA) is 36.2 Å². The van der Waals surface area contributed by atoms with Gasteiger partial charge in [-0.2, -0.15) is 0 Å². The number of hydrogen-bond donors (Lipinski definition) is 1. The van der Waals surface area contributed by atoms with Crippen LogP contribution in [0, 0.1) is 5.41 Å².